The van der Waals surface area contributed by atoms with Crippen LogP contribution in [0.5, 0.6) is 0 Å². The molecule has 2 aromatic rings. The van der Waals surface area contributed by atoms with Crippen molar-refractivity contribution in [2.75, 3.05) is 11.9 Å². The summed E-state index contributed by atoms with van der Waals surface area (Å²) in [7, 11) is 2.09. The molecule has 0 aliphatic heterocycles. The van der Waals surface area contributed by atoms with E-state index in [1.165, 1.54) is 10.6 Å². The zero-order valence-electron chi connectivity index (χ0n) is 9.49. The van der Waals surface area contributed by atoms with Crippen molar-refractivity contribution in [3.05, 3.63) is 50.6 Å². The highest BCUT2D eigenvalue weighted by molar-refractivity contribution is 9.10. The van der Waals surface area contributed by atoms with E-state index in [-0.39, 0.29) is 0 Å². The largest absolute Gasteiger partial charge is 0.369 e. The van der Waals surface area contributed by atoms with Gasteiger partial charge in [-0.3, -0.25) is 0 Å². The van der Waals surface area contributed by atoms with Gasteiger partial charge >= 0.3 is 0 Å². The SMILES string of the molecule is CN(Cc1cccs1)c1cc(Br)ccc1CCl. The van der Waals surface area contributed by atoms with E-state index in [0.29, 0.717) is 5.88 Å². The van der Waals surface area contributed by atoms with Gasteiger partial charge in [-0.2, -0.15) is 0 Å². The maximum Gasteiger partial charge on any atom is 0.0519 e. The molecule has 0 amide bonds. The molecule has 1 heterocycles. The molecule has 0 saturated heterocycles. The van der Waals surface area contributed by atoms with Crippen molar-refractivity contribution in [2.45, 2.75) is 12.4 Å². The highest BCUT2D eigenvalue weighted by Gasteiger charge is 2.08. The van der Waals surface area contributed by atoms with Crippen LogP contribution in [0.3, 0.4) is 0 Å². The van der Waals surface area contributed by atoms with Crippen LogP contribution in [0.15, 0.2) is 40.2 Å². The Kier molecular flexibility index (Phi) is 4.48. The molecule has 1 aromatic carbocycles. The van der Waals surface area contributed by atoms with Gasteiger partial charge in [0.25, 0.3) is 0 Å². The fraction of sp³-hybridized carbons (Fsp3) is 0.231. The van der Waals surface area contributed by atoms with E-state index in [2.05, 4.69) is 57.5 Å². The summed E-state index contributed by atoms with van der Waals surface area (Å²) in [6.45, 7) is 0.915. The third kappa shape index (κ3) is 3.24. The van der Waals surface area contributed by atoms with Crippen molar-refractivity contribution in [3.63, 3.8) is 0 Å². The minimum absolute atomic E-state index is 0.539. The molecule has 2 rings (SSSR count). The molecular formula is C13H13BrClNS. The fourth-order valence-electron chi connectivity index (χ4n) is 1.73. The number of benzene rings is 1. The summed E-state index contributed by atoms with van der Waals surface area (Å²) in [5.41, 5.74) is 2.34. The number of anilines is 1. The third-order valence-electron chi connectivity index (χ3n) is 2.58. The van der Waals surface area contributed by atoms with E-state index < -0.39 is 0 Å². The highest BCUT2D eigenvalue weighted by atomic mass is 79.9. The lowest BCUT2D eigenvalue weighted by Crippen LogP contribution is -2.17. The summed E-state index contributed by atoms with van der Waals surface area (Å²) >= 11 is 11.3. The van der Waals surface area contributed by atoms with Crippen molar-refractivity contribution in [2.24, 2.45) is 0 Å². The van der Waals surface area contributed by atoms with Gasteiger partial charge in [0.2, 0.25) is 0 Å². The Morgan fingerprint density at radius 1 is 1.35 bits per heavy atom. The van der Waals surface area contributed by atoms with E-state index in [4.69, 9.17) is 11.6 Å². The van der Waals surface area contributed by atoms with Gasteiger partial charge in [-0.05, 0) is 29.1 Å². The fourth-order valence-corrected chi connectivity index (χ4v) is 3.06. The number of rotatable bonds is 4. The molecule has 1 aromatic heterocycles. The topological polar surface area (TPSA) is 3.24 Å². The average molecular weight is 331 g/mol. The van der Waals surface area contributed by atoms with E-state index in [1.54, 1.807) is 11.3 Å². The van der Waals surface area contributed by atoms with Crippen LogP contribution >= 0.6 is 38.9 Å². The maximum absolute atomic E-state index is 5.97. The predicted molar refractivity (Wildman–Crippen MR) is 80.1 cm³/mol. The van der Waals surface area contributed by atoms with Gasteiger partial charge in [-0.15, -0.1) is 22.9 Å². The van der Waals surface area contributed by atoms with Crippen molar-refractivity contribution in [1.82, 2.24) is 0 Å². The highest BCUT2D eigenvalue weighted by Crippen LogP contribution is 2.27. The number of hydrogen-bond acceptors (Lipinski definition) is 2. The normalized spacial score (nSPS) is 10.5. The average Bonchev–Trinajstić information content (AvgIpc) is 2.81. The summed E-state index contributed by atoms with van der Waals surface area (Å²) < 4.78 is 1.08. The number of alkyl halides is 1. The van der Waals surface area contributed by atoms with Crippen LogP contribution < -0.4 is 4.90 Å². The Labute approximate surface area is 119 Å². The molecule has 90 valence electrons. The number of nitrogens with zero attached hydrogens (tertiary/aromatic N) is 1. The molecule has 1 nitrogen and oxygen atoms in total. The summed E-state index contributed by atoms with van der Waals surface area (Å²) in [5, 5.41) is 2.10. The van der Waals surface area contributed by atoms with E-state index >= 15 is 0 Å². The summed E-state index contributed by atoms with van der Waals surface area (Å²) in [4.78, 5) is 3.59. The van der Waals surface area contributed by atoms with Gasteiger partial charge in [0.1, 0.15) is 0 Å². The first-order valence-electron chi connectivity index (χ1n) is 5.28. The standard InChI is InChI=1S/C13H13BrClNS/c1-16(9-12-3-2-6-17-12)13-7-11(14)5-4-10(13)8-15/h2-7H,8-9H2,1H3. The second kappa shape index (κ2) is 5.89. The van der Waals surface area contributed by atoms with Gasteiger partial charge < -0.3 is 4.90 Å². The molecule has 0 bridgehead atoms. The van der Waals surface area contributed by atoms with Crippen molar-refractivity contribution >= 4 is 44.6 Å². The Bertz CT molecular complexity index is 484. The molecule has 4 heteroatoms. The lowest BCUT2D eigenvalue weighted by molar-refractivity contribution is 0.931. The van der Waals surface area contributed by atoms with Gasteiger partial charge in [0.15, 0.2) is 0 Å². The quantitative estimate of drug-likeness (QED) is 0.722. The summed E-state index contributed by atoms with van der Waals surface area (Å²) in [6.07, 6.45) is 0. The lowest BCUT2D eigenvalue weighted by atomic mass is 10.2. The van der Waals surface area contributed by atoms with Crippen LogP contribution in [0.25, 0.3) is 0 Å². The lowest BCUT2D eigenvalue weighted by Gasteiger charge is -2.21. The van der Waals surface area contributed by atoms with Crippen LogP contribution in [0, 0.1) is 0 Å². The van der Waals surface area contributed by atoms with E-state index in [1.807, 2.05) is 6.07 Å². The number of hydrogen-bond donors (Lipinski definition) is 0. The Morgan fingerprint density at radius 2 is 2.18 bits per heavy atom. The first-order valence-corrected chi connectivity index (χ1v) is 7.49. The van der Waals surface area contributed by atoms with Crippen LogP contribution in [-0.4, -0.2) is 7.05 Å². The predicted octanol–water partition coefficient (Wildman–Crippen LogP) is 4.89. The zero-order chi connectivity index (χ0) is 12.3. The number of thiophene rings is 1. The minimum atomic E-state index is 0.539. The van der Waals surface area contributed by atoms with Crippen molar-refractivity contribution < 1.29 is 0 Å². The van der Waals surface area contributed by atoms with Crippen molar-refractivity contribution in [1.29, 1.82) is 0 Å². The minimum Gasteiger partial charge on any atom is -0.369 e. The van der Waals surface area contributed by atoms with Crippen molar-refractivity contribution in [3.8, 4) is 0 Å². The van der Waals surface area contributed by atoms with Crippen LogP contribution in [-0.2, 0) is 12.4 Å². The number of halogens is 2. The molecule has 0 N–H and O–H groups in total. The molecule has 0 radical (unpaired) electrons. The van der Waals surface area contributed by atoms with Gasteiger partial charge in [0, 0.05) is 28.0 Å². The van der Waals surface area contributed by atoms with Crippen LogP contribution in [0.2, 0.25) is 0 Å². The molecular weight excluding hydrogens is 318 g/mol. The molecule has 17 heavy (non-hydrogen) atoms. The molecule has 0 aliphatic carbocycles. The van der Waals surface area contributed by atoms with E-state index in [0.717, 1.165) is 16.6 Å². The second-order valence-corrected chi connectivity index (χ2v) is 6.06. The van der Waals surface area contributed by atoms with Gasteiger partial charge in [-0.25, -0.2) is 0 Å². The Balaban J connectivity index is 2.23. The first kappa shape index (κ1) is 12.9. The smallest absolute Gasteiger partial charge is 0.0519 e. The monoisotopic (exact) mass is 329 g/mol. The van der Waals surface area contributed by atoms with Gasteiger partial charge in [-0.1, -0.05) is 28.1 Å². The molecule has 0 fully saturated rings. The molecule has 0 spiro atoms. The summed E-state index contributed by atoms with van der Waals surface area (Å²) in [5.74, 6) is 0.539. The Morgan fingerprint density at radius 3 is 2.82 bits per heavy atom. The first-order chi connectivity index (χ1) is 8.20. The zero-order valence-corrected chi connectivity index (χ0v) is 12.6. The van der Waals surface area contributed by atoms with E-state index in [9.17, 15) is 0 Å². The molecule has 0 saturated carbocycles. The molecule has 0 atom stereocenters. The second-order valence-electron chi connectivity index (χ2n) is 3.84. The van der Waals surface area contributed by atoms with Crippen LogP contribution in [0.4, 0.5) is 5.69 Å². The van der Waals surface area contributed by atoms with Gasteiger partial charge in [0.05, 0.1) is 6.54 Å². The Hall–Kier alpha value is -0.510. The molecule has 0 unspecified atom stereocenters. The maximum atomic E-state index is 5.97. The summed E-state index contributed by atoms with van der Waals surface area (Å²) in [6, 6.07) is 10.4. The third-order valence-corrected chi connectivity index (χ3v) is 4.22. The molecule has 0 aliphatic rings. The van der Waals surface area contributed by atoms with Crippen LogP contribution in [0.1, 0.15) is 10.4 Å².